The standard InChI is InChI=1S/C23H28N4O2/c28-22(19-7-2-1-3-8-19)27-12-6-9-20(17-27)23(29)26-15-13-25(14-16-26)18-21-10-4-5-11-24-21/h1-5,7-8,10-11,20H,6,9,12-18H2. The monoisotopic (exact) mass is 392 g/mol. The minimum absolute atomic E-state index is 0.0308. The largest absolute Gasteiger partial charge is 0.340 e. The molecule has 4 rings (SSSR count). The van der Waals surface area contributed by atoms with Crippen molar-refractivity contribution in [3.05, 3.63) is 66.0 Å². The van der Waals surface area contributed by atoms with Crippen LogP contribution in [0.5, 0.6) is 0 Å². The predicted molar refractivity (Wildman–Crippen MR) is 111 cm³/mol. The number of hydrogen-bond acceptors (Lipinski definition) is 4. The fourth-order valence-corrected chi connectivity index (χ4v) is 4.23. The number of amides is 2. The number of hydrogen-bond donors (Lipinski definition) is 0. The van der Waals surface area contributed by atoms with Gasteiger partial charge in [0.1, 0.15) is 0 Å². The third kappa shape index (κ3) is 4.82. The van der Waals surface area contributed by atoms with Crippen LogP contribution in [0, 0.1) is 5.92 Å². The molecule has 2 fully saturated rings. The van der Waals surface area contributed by atoms with Crippen LogP contribution in [0.1, 0.15) is 28.9 Å². The smallest absolute Gasteiger partial charge is 0.253 e. The Labute approximate surface area is 172 Å². The first kappa shape index (κ1) is 19.6. The lowest BCUT2D eigenvalue weighted by molar-refractivity contribution is -0.138. The second kappa shape index (κ2) is 9.18. The molecule has 0 saturated carbocycles. The molecular formula is C23H28N4O2. The number of piperazine rings is 1. The molecule has 2 saturated heterocycles. The molecule has 0 aliphatic carbocycles. The fraction of sp³-hybridized carbons (Fsp3) is 0.435. The van der Waals surface area contributed by atoms with Crippen molar-refractivity contribution in [3.63, 3.8) is 0 Å². The molecule has 1 unspecified atom stereocenters. The number of piperidine rings is 1. The Hall–Kier alpha value is -2.73. The van der Waals surface area contributed by atoms with E-state index >= 15 is 0 Å². The highest BCUT2D eigenvalue weighted by molar-refractivity contribution is 5.94. The van der Waals surface area contributed by atoms with E-state index in [1.165, 1.54) is 0 Å². The van der Waals surface area contributed by atoms with E-state index in [0.29, 0.717) is 12.1 Å². The molecule has 1 atom stereocenters. The summed E-state index contributed by atoms with van der Waals surface area (Å²) < 4.78 is 0. The minimum atomic E-state index is -0.0845. The summed E-state index contributed by atoms with van der Waals surface area (Å²) in [7, 11) is 0. The zero-order chi connectivity index (χ0) is 20.1. The maximum atomic E-state index is 13.1. The summed E-state index contributed by atoms with van der Waals surface area (Å²) in [5.74, 6) is 0.148. The van der Waals surface area contributed by atoms with Gasteiger partial charge < -0.3 is 9.80 Å². The highest BCUT2D eigenvalue weighted by Gasteiger charge is 2.32. The van der Waals surface area contributed by atoms with Crippen molar-refractivity contribution in [2.75, 3.05) is 39.3 Å². The van der Waals surface area contributed by atoms with Gasteiger partial charge >= 0.3 is 0 Å². The number of rotatable bonds is 4. The second-order valence-corrected chi connectivity index (χ2v) is 7.88. The van der Waals surface area contributed by atoms with Crippen LogP contribution in [0.3, 0.4) is 0 Å². The maximum absolute atomic E-state index is 13.1. The van der Waals surface area contributed by atoms with Gasteiger partial charge in [-0.05, 0) is 37.1 Å². The van der Waals surface area contributed by atoms with Gasteiger partial charge in [0.15, 0.2) is 0 Å². The van der Waals surface area contributed by atoms with Gasteiger partial charge in [0.25, 0.3) is 5.91 Å². The summed E-state index contributed by atoms with van der Waals surface area (Å²) >= 11 is 0. The van der Waals surface area contributed by atoms with Crippen LogP contribution in [0.4, 0.5) is 0 Å². The zero-order valence-corrected chi connectivity index (χ0v) is 16.7. The van der Waals surface area contributed by atoms with E-state index in [1.54, 1.807) is 0 Å². The van der Waals surface area contributed by atoms with Crippen LogP contribution in [0.15, 0.2) is 54.7 Å². The Balaban J connectivity index is 1.30. The van der Waals surface area contributed by atoms with Gasteiger partial charge in [-0.3, -0.25) is 19.5 Å². The number of carbonyl (C=O) groups is 2. The summed E-state index contributed by atoms with van der Waals surface area (Å²) in [6.07, 6.45) is 3.57. The summed E-state index contributed by atoms with van der Waals surface area (Å²) in [6, 6.07) is 15.3. The highest BCUT2D eigenvalue weighted by atomic mass is 16.2. The van der Waals surface area contributed by atoms with E-state index in [2.05, 4.69) is 9.88 Å². The predicted octanol–water partition coefficient (Wildman–Crippen LogP) is 2.28. The number of likely N-dealkylation sites (tertiary alicyclic amines) is 1. The summed E-state index contributed by atoms with van der Waals surface area (Å²) in [6.45, 7) is 5.30. The fourth-order valence-electron chi connectivity index (χ4n) is 4.23. The third-order valence-corrected chi connectivity index (χ3v) is 5.87. The highest BCUT2D eigenvalue weighted by Crippen LogP contribution is 2.21. The lowest BCUT2D eigenvalue weighted by Crippen LogP contribution is -2.52. The topological polar surface area (TPSA) is 56.8 Å². The molecule has 6 heteroatoms. The van der Waals surface area contributed by atoms with Crippen molar-refractivity contribution in [1.29, 1.82) is 0 Å². The normalized spacial score (nSPS) is 20.5. The summed E-state index contributed by atoms with van der Waals surface area (Å²) in [5.41, 5.74) is 1.76. The number of pyridine rings is 1. The quantitative estimate of drug-likeness (QED) is 0.801. The molecular weight excluding hydrogens is 364 g/mol. The lowest BCUT2D eigenvalue weighted by Gasteiger charge is -2.39. The van der Waals surface area contributed by atoms with E-state index in [4.69, 9.17) is 0 Å². The molecule has 2 aromatic rings. The Morgan fingerprint density at radius 1 is 0.897 bits per heavy atom. The van der Waals surface area contributed by atoms with E-state index in [0.717, 1.165) is 57.8 Å². The summed E-state index contributed by atoms with van der Waals surface area (Å²) in [4.78, 5) is 36.4. The molecule has 2 amide bonds. The number of benzene rings is 1. The van der Waals surface area contributed by atoms with Gasteiger partial charge in [0, 0.05) is 57.6 Å². The van der Waals surface area contributed by atoms with Gasteiger partial charge in [-0.15, -0.1) is 0 Å². The van der Waals surface area contributed by atoms with Gasteiger partial charge in [-0.1, -0.05) is 24.3 Å². The minimum Gasteiger partial charge on any atom is -0.340 e. The van der Waals surface area contributed by atoms with Gasteiger partial charge in [0.2, 0.25) is 5.91 Å². The molecule has 6 nitrogen and oxygen atoms in total. The van der Waals surface area contributed by atoms with Crippen LogP contribution in [0.25, 0.3) is 0 Å². The van der Waals surface area contributed by atoms with Gasteiger partial charge in [0.05, 0.1) is 11.6 Å². The van der Waals surface area contributed by atoms with Crippen molar-refractivity contribution in [3.8, 4) is 0 Å². The number of carbonyl (C=O) groups excluding carboxylic acids is 2. The first-order chi connectivity index (χ1) is 14.2. The van der Waals surface area contributed by atoms with Crippen LogP contribution < -0.4 is 0 Å². The van der Waals surface area contributed by atoms with Crippen LogP contribution in [-0.2, 0) is 11.3 Å². The Kier molecular flexibility index (Phi) is 6.20. The SMILES string of the molecule is O=C(c1ccccc1)N1CCCC(C(=O)N2CCN(Cc3ccccn3)CC2)C1. The Morgan fingerprint density at radius 2 is 1.66 bits per heavy atom. The molecule has 1 aromatic heterocycles. The van der Waals surface area contributed by atoms with Gasteiger partial charge in [-0.25, -0.2) is 0 Å². The number of aromatic nitrogens is 1. The van der Waals surface area contributed by atoms with Crippen molar-refractivity contribution in [1.82, 2.24) is 19.7 Å². The van der Waals surface area contributed by atoms with E-state index in [-0.39, 0.29) is 17.7 Å². The van der Waals surface area contributed by atoms with Gasteiger partial charge in [-0.2, -0.15) is 0 Å². The van der Waals surface area contributed by atoms with Crippen molar-refractivity contribution in [2.24, 2.45) is 5.92 Å². The molecule has 0 radical (unpaired) electrons. The molecule has 0 N–H and O–H groups in total. The van der Waals surface area contributed by atoms with Crippen molar-refractivity contribution < 1.29 is 9.59 Å². The first-order valence-electron chi connectivity index (χ1n) is 10.5. The average Bonchev–Trinajstić information content (AvgIpc) is 2.80. The molecule has 29 heavy (non-hydrogen) atoms. The Bertz CT molecular complexity index is 819. The maximum Gasteiger partial charge on any atom is 0.253 e. The molecule has 0 spiro atoms. The van der Waals surface area contributed by atoms with Crippen LogP contribution in [0.2, 0.25) is 0 Å². The summed E-state index contributed by atoms with van der Waals surface area (Å²) in [5, 5.41) is 0. The molecule has 2 aliphatic rings. The first-order valence-corrected chi connectivity index (χ1v) is 10.5. The molecule has 2 aliphatic heterocycles. The molecule has 1 aromatic carbocycles. The van der Waals surface area contributed by atoms with Crippen LogP contribution in [-0.4, -0.2) is 70.8 Å². The van der Waals surface area contributed by atoms with E-state index in [9.17, 15) is 9.59 Å². The second-order valence-electron chi connectivity index (χ2n) is 7.88. The molecule has 0 bridgehead atoms. The van der Waals surface area contributed by atoms with Crippen LogP contribution >= 0.6 is 0 Å². The lowest BCUT2D eigenvalue weighted by atomic mass is 9.95. The zero-order valence-electron chi connectivity index (χ0n) is 16.7. The molecule has 3 heterocycles. The molecule has 152 valence electrons. The van der Waals surface area contributed by atoms with Crippen molar-refractivity contribution >= 4 is 11.8 Å². The van der Waals surface area contributed by atoms with E-state index in [1.807, 2.05) is 64.5 Å². The number of nitrogens with zero attached hydrogens (tertiary/aromatic N) is 4. The Morgan fingerprint density at radius 3 is 2.38 bits per heavy atom. The van der Waals surface area contributed by atoms with E-state index < -0.39 is 0 Å². The average molecular weight is 393 g/mol. The van der Waals surface area contributed by atoms with Crippen molar-refractivity contribution in [2.45, 2.75) is 19.4 Å². The third-order valence-electron chi connectivity index (χ3n) is 5.87.